The van der Waals surface area contributed by atoms with E-state index in [1.807, 2.05) is 0 Å². The van der Waals surface area contributed by atoms with E-state index in [0.29, 0.717) is 13.2 Å². The Morgan fingerprint density at radius 1 is 0.944 bits per heavy atom. The van der Waals surface area contributed by atoms with E-state index in [2.05, 4.69) is 5.32 Å². The molecule has 0 amide bonds. The Hall–Kier alpha value is -1.21. The molecule has 2 nitrogen and oxygen atoms in total. The molecule has 1 aliphatic rings. The summed E-state index contributed by atoms with van der Waals surface area (Å²) in [5, 5.41) is 2.88. The van der Waals surface area contributed by atoms with Gasteiger partial charge in [0.25, 0.3) is 0 Å². The number of nitrogens with one attached hydrogen (secondary N) is 1. The monoisotopic (exact) mass is 267 g/mol. The fourth-order valence-electron chi connectivity index (χ4n) is 1.83. The van der Waals surface area contributed by atoms with Gasteiger partial charge in [-0.25, -0.2) is 22.0 Å². The van der Waals surface area contributed by atoms with Crippen LogP contribution in [0.3, 0.4) is 0 Å². The van der Waals surface area contributed by atoms with Gasteiger partial charge in [-0.15, -0.1) is 0 Å². The molecule has 1 N–H and O–H groups in total. The molecule has 1 atom stereocenters. The Labute approximate surface area is 99.7 Å². The van der Waals surface area contributed by atoms with Gasteiger partial charge >= 0.3 is 0 Å². The van der Waals surface area contributed by atoms with E-state index in [0.717, 1.165) is 0 Å². The lowest BCUT2D eigenvalue weighted by Gasteiger charge is -2.24. The van der Waals surface area contributed by atoms with Crippen LogP contribution in [0, 0.1) is 29.1 Å². The summed E-state index contributed by atoms with van der Waals surface area (Å²) in [6.07, 6.45) is -0.314. The molecule has 0 unspecified atom stereocenters. The second-order valence-electron chi connectivity index (χ2n) is 3.98. The average molecular weight is 267 g/mol. The van der Waals surface area contributed by atoms with Crippen LogP contribution >= 0.6 is 0 Å². The highest BCUT2D eigenvalue weighted by molar-refractivity contribution is 5.25. The van der Waals surface area contributed by atoms with Crippen LogP contribution in [0.1, 0.15) is 5.56 Å². The van der Waals surface area contributed by atoms with Crippen LogP contribution in [0.25, 0.3) is 0 Å². The lowest BCUT2D eigenvalue weighted by molar-refractivity contribution is 0.0763. The molecular formula is C11H10F5NO. The van der Waals surface area contributed by atoms with Crippen LogP contribution in [0.15, 0.2) is 0 Å². The Balaban J connectivity index is 2.32. The normalized spacial score (nSPS) is 20.2. The quantitative estimate of drug-likeness (QED) is 0.502. The molecule has 0 spiro atoms. The molecule has 0 aromatic heterocycles. The predicted molar refractivity (Wildman–Crippen MR) is 52.5 cm³/mol. The van der Waals surface area contributed by atoms with Crippen LogP contribution in [0.4, 0.5) is 22.0 Å². The third kappa shape index (κ3) is 2.32. The van der Waals surface area contributed by atoms with Gasteiger partial charge in [0, 0.05) is 18.2 Å². The first kappa shape index (κ1) is 13.2. The van der Waals surface area contributed by atoms with Gasteiger partial charge in [0.05, 0.1) is 13.2 Å². The molecular weight excluding hydrogens is 257 g/mol. The zero-order valence-electron chi connectivity index (χ0n) is 9.20. The topological polar surface area (TPSA) is 21.3 Å². The predicted octanol–water partition coefficient (Wildman–Crippen LogP) is 1.91. The molecule has 0 aliphatic carbocycles. The average Bonchev–Trinajstić information content (AvgIpc) is 2.40. The third-order valence-corrected chi connectivity index (χ3v) is 2.75. The van der Waals surface area contributed by atoms with E-state index >= 15 is 0 Å². The van der Waals surface area contributed by atoms with Gasteiger partial charge in [0.2, 0.25) is 5.82 Å². The summed E-state index contributed by atoms with van der Waals surface area (Å²) < 4.78 is 70.5. The van der Waals surface area contributed by atoms with Crippen molar-refractivity contribution in [3.63, 3.8) is 0 Å². The van der Waals surface area contributed by atoms with Gasteiger partial charge in [-0.2, -0.15) is 0 Å². The van der Waals surface area contributed by atoms with Crippen molar-refractivity contribution in [3.05, 3.63) is 34.6 Å². The van der Waals surface area contributed by atoms with E-state index in [1.54, 1.807) is 0 Å². The van der Waals surface area contributed by atoms with Crippen LogP contribution in [0.5, 0.6) is 0 Å². The van der Waals surface area contributed by atoms with Gasteiger partial charge < -0.3 is 10.1 Å². The van der Waals surface area contributed by atoms with Gasteiger partial charge in [-0.1, -0.05) is 0 Å². The fourth-order valence-corrected chi connectivity index (χ4v) is 1.83. The summed E-state index contributed by atoms with van der Waals surface area (Å²) in [5.41, 5.74) is -0.811. The van der Waals surface area contributed by atoms with Crippen LogP contribution in [-0.2, 0) is 11.2 Å². The first-order chi connectivity index (χ1) is 8.52. The summed E-state index contributed by atoms with van der Waals surface area (Å²) >= 11 is 0. The van der Waals surface area contributed by atoms with E-state index in [9.17, 15) is 22.0 Å². The first-order valence-corrected chi connectivity index (χ1v) is 5.33. The largest absolute Gasteiger partial charge is 0.379 e. The molecule has 1 saturated heterocycles. The summed E-state index contributed by atoms with van der Waals surface area (Å²) in [6.45, 7) is 1.09. The van der Waals surface area contributed by atoms with E-state index in [-0.39, 0.29) is 13.0 Å². The molecule has 2 rings (SSSR count). The lowest BCUT2D eigenvalue weighted by Crippen LogP contribution is -2.43. The molecule has 0 bridgehead atoms. The highest BCUT2D eigenvalue weighted by Gasteiger charge is 2.27. The van der Waals surface area contributed by atoms with Gasteiger partial charge in [-0.3, -0.25) is 0 Å². The summed E-state index contributed by atoms with van der Waals surface area (Å²) in [5.74, 6) is -9.53. The van der Waals surface area contributed by atoms with E-state index in [1.165, 1.54) is 0 Å². The summed E-state index contributed by atoms with van der Waals surface area (Å²) in [7, 11) is 0. The molecule has 1 fully saturated rings. The van der Waals surface area contributed by atoms with Crippen LogP contribution in [-0.4, -0.2) is 25.8 Å². The van der Waals surface area contributed by atoms with Crippen molar-refractivity contribution in [1.82, 2.24) is 5.32 Å². The fraction of sp³-hybridized carbons (Fsp3) is 0.455. The Morgan fingerprint density at radius 3 is 2.00 bits per heavy atom. The number of hydrogen-bond acceptors (Lipinski definition) is 2. The maximum atomic E-state index is 13.4. The molecule has 0 radical (unpaired) electrons. The highest BCUT2D eigenvalue weighted by Crippen LogP contribution is 2.24. The molecule has 1 aromatic carbocycles. The Kier molecular flexibility index (Phi) is 3.82. The van der Waals surface area contributed by atoms with Crippen LogP contribution < -0.4 is 5.32 Å². The zero-order valence-corrected chi connectivity index (χ0v) is 9.20. The maximum absolute atomic E-state index is 13.4. The summed E-state index contributed by atoms with van der Waals surface area (Å²) in [6, 6.07) is -0.466. The van der Waals surface area contributed by atoms with Gasteiger partial charge in [0.1, 0.15) is 0 Å². The second-order valence-corrected chi connectivity index (χ2v) is 3.98. The number of morpholine rings is 1. The van der Waals surface area contributed by atoms with E-state index in [4.69, 9.17) is 4.74 Å². The van der Waals surface area contributed by atoms with Gasteiger partial charge in [-0.05, 0) is 6.42 Å². The van der Waals surface area contributed by atoms with Crippen molar-refractivity contribution in [2.75, 3.05) is 19.8 Å². The zero-order chi connectivity index (χ0) is 13.3. The minimum absolute atomic E-state index is 0.166. The molecule has 1 heterocycles. The molecule has 0 saturated carbocycles. The van der Waals surface area contributed by atoms with Crippen molar-refractivity contribution in [2.24, 2.45) is 0 Å². The molecule has 7 heteroatoms. The van der Waals surface area contributed by atoms with E-state index < -0.39 is 40.7 Å². The van der Waals surface area contributed by atoms with Crippen molar-refractivity contribution >= 4 is 0 Å². The Bertz CT molecular complexity index is 430. The Morgan fingerprint density at radius 2 is 1.50 bits per heavy atom. The minimum atomic E-state index is -2.14. The highest BCUT2D eigenvalue weighted by atomic mass is 19.2. The van der Waals surface area contributed by atoms with Crippen molar-refractivity contribution in [3.8, 4) is 0 Å². The molecule has 1 aliphatic heterocycles. The first-order valence-electron chi connectivity index (χ1n) is 5.33. The smallest absolute Gasteiger partial charge is 0.200 e. The standard InChI is InChI=1S/C11H10F5NO/c12-7-6(3-5-4-18-2-1-17-5)8(13)10(15)11(16)9(7)14/h5,17H,1-4H2/t5-/m1/s1. The number of ether oxygens (including phenoxy) is 1. The van der Waals surface area contributed by atoms with Crippen LogP contribution in [0.2, 0.25) is 0 Å². The molecule has 1 aromatic rings. The van der Waals surface area contributed by atoms with Crippen molar-refractivity contribution in [2.45, 2.75) is 12.5 Å². The summed E-state index contributed by atoms with van der Waals surface area (Å²) in [4.78, 5) is 0. The molecule has 18 heavy (non-hydrogen) atoms. The number of hydrogen-bond donors (Lipinski definition) is 1. The maximum Gasteiger partial charge on any atom is 0.200 e. The molecule has 100 valence electrons. The second kappa shape index (κ2) is 5.19. The number of rotatable bonds is 2. The minimum Gasteiger partial charge on any atom is -0.379 e. The van der Waals surface area contributed by atoms with Crippen molar-refractivity contribution < 1.29 is 26.7 Å². The van der Waals surface area contributed by atoms with Crippen molar-refractivity contribution in [1.29, 1.82) is 0 Å². The number of benzene rings is 1. The SMILES string of the molecule is Fc1c(F)c(F)c(C[C@@H]2COCCN2)c(F)c1F. The number of halogens is 5. The van der Waals surface area contributed by atoms with Gasteiger partial charge in [0.15, 0.2) is 23.3 Å². The third-order valence-electron chi connectivity index (χ3n) is 2.75. The lowest BCUT2D eigenvalue weighted by atomic mass is 10.0.